The van der Waals surface area contributed by atoms with Crippen molar-refractivity contribution in [3.05, 3.63) is 23.3 Å². The van der Waals surface area contributed by atoms with E-state index in [1.807, 2.05) is 13.8 Å². The molecule has 0 aliphatic rings. The SMILES string of the molecule is C#C/C(=C\C=C(C)C)C(N)=O. The smallest absolute Gasteiger partial charge is 0.257 e. The number of carbonyl (C=O) groups excluding carboxylic acids is 1. The molecular formula is C9H11NO. The molecule has 2 heteroatoms. The van der Waals surface area contributed by atoms with Crippen LogP contribution in [0.3, 0.4) is 0 Å². The predicted octanol–water partition coefficient (Wildman–Crippen LogP) is 0.998. The summed E-state index contributed by atoms with van der Waals surface area (Å²) in [5, 5.41) is 0. The van der Waals surface area contributed by atoms with Crippen molar-refractivity contribution in [2.75, 3.05) is 0 Å². The third kappa shape index (κ3) is 3.99. The van der Waals surface area contributed by atoms with Gasteiger partial charge in [0.2, 0.25) is 0 Å². The molecule has 0 bridgehead atoms. The van der Waals surface area contributed by atoms with E-state index in [0.717, 1.165) is 5.57 Å². The van der Waals surface area contributed by atoms with Crippen LogP contribution < -0.4 is 5.73 Å². The first kappa shape index (κ1) is 9.51. The van der Waals surface area contributed by atoms with E-state index < -0.39 is 5.91 Å². The van der Waals surface area contributed by atoms with Crippen molar-refractivity contribution in [2.24, 2.45) is 5.73 Å². The summed E-state index contributed by atoms with van der Waals surface area (Å²) in [5.41, 5.74) is 6.22. The van der Waals surface area contributed by atoms with Crippen LogP contribution in [0.25, 0.3) is 0 Å². The quantitative estimate of drug-likeness (QED) is 0.355. The molecule has 0 aromatic rings. The van der Waals surface area contributed by atoms with E-state index in [2.05, 4.69) is 5.92 Å². The molecule has 2 N–H and O–H groups in total. The lowest BCUT2D eigenvalue weighted by Gasteiger charge is -1.89. The number of primary amides is 1. The molecule has 0 saturated carbocycles. The Balaban J connectivity index is 4.54. The Morgan fingerprint density at radius 3 is 2.27 bits per heavy atom. The third-order valence-electron chi connectivity index (χ3n) is 1.00. The highest BCUT2D eigenvalue weighted by molar-refractivity contribution is 5.96. The zero-order chi connectivity index (χ0) is 8.85. The summed E-state index contributed by atoms with van der Waals surface area (Å²) in [5.74, 6) is 1.63. The Kier molecular flexibility index (Phi) is 3.76. The minimum atomic E-state index is -0.565. The summed E-state index contributed by atoms with van der Waals surface area (Å²) in [7, 11) is 0. The molecule has 0 rings (SSSR count). The van der Waals surface area contributed by atoms with E-state index >= 15 is 0 Å². The number of nitrogens with two attached hydrogens (primary N) is 1. The van der Waals surface area contributed by atoms with Gasteiger partial charge in [-0.3, -0.25) is 4.79 Å². The molecule has 0 aromatic carbocycles. The fraction of sp³-hybridized carbons (Fsp3) is 0.222. The van der Waals surface area contributed by atoms with Crippen LogP contribution in [-0.2, 0) is 4.79 Å². The summed E-state index contributed by atoms with van der Waals surface area (Å²) in [6, 6.07) is 0. The number of hydrogen-bond donors (Lipinski definition) is 1. The molecule has 0 aromatic heterocycles. The Morgan fingerprint density at radius 1 is 1.45 bits per heavy atom. The van der Waals surface area contributed by atoms with Crippen LogP contribution in [0.15, 0.2) is 23.3 Å². The van der Waals surface area contributed by atoms with Gasteiger partial charge in [0.15, 0.2) is 0 Å². The number of amides is 1. The lowest BCUT2D eigenvalue weighted by atomic mass is 10.2. The highest BCUT2D eigenvalue weighted by Crippen LogP contribution is 1.95. The van der Waals surface area contributed by atoms with E-state index in [1.165, 1.54) is 6.08 Å². The summed E-state index contributed by atoms with van der Waals surface area (Å²) >= 11 is 0. The Labute approximate surface area is 66.8 Å². The van der Waals surface area contributed by atoms with Crippen molar-refractivity contribution in [1.82, 2.24) is 0 Å². The van der Waals surface area contributed by atoms with Crippen LogP contribution in [-0.4, -0.2) is 5.91 Å². The predicted molar refractivity (Wildman–Crippen MR) is 45.5 cm³/mol. The molecule has 0 radical (unpaired) electrons. The first-order valence-corrected chi connectivity index (χ1v) is 3.19. The minimum Gasteiger partial charge on any atom is -0.365 e. The fourth-order valence-electron chi connectivity index (χ4n) is 0.451. The average Bonchev–Trinajstić information content (AvgIpc) is 1.87. The van der Waals surface area contributed by atoms with E-state index in [9.17, 15) is 4.79 Å². The van der Waals surface area contributed by atoms with Crippen molar-refractivity contribution in [1.29, 1.82) is 0 Å². The van der Waals surface area contributed by atoms with Crippen LogP contribution in [0.5, 0.6) is 0 Å². The number of allylic oxidation sites excluding steroid dienone is 3. The van der Waals surface area contributed by atoms with Crippen molar-refractivity contribution < 1.29 is 4.79 Å². The van der Waals surface area contributed by atoms with Crippen LogP contribution in [0, 0.1) is 12.3 Å². The van der Waals surface area contributed by atoms with E-state index in [0.29, 0.717) is 0 Å². The molecule has 58 valence electrons. The zero-order valence-corrected chi connectivity index (χ0v) is 6.72. The van der Waals surface area contributed by atoms with Crippen LogP contribution in [0.1, 0.15) is 13.8 Å². The van der Waals surface area contributed by atoms with E-state index in [-0.39, 0.29) is 5.57 Å². The molecule has 0 saturated heterocycles. The van der Waals surface area contributed by atoms with Crippen LogP contribution in [0.2, 0.25) is 0 Å². The first-order chi connectivity index (χ1) is 5.07. The van der Waals surface area contributed by atoms with Crippen molar-refractivity contribution >= 4 is 5.91 Å². The molecule has 0 fully saturated rings. The topological polar surface area (TPSA) is 43.1 Å². The maximum atomic E-state index is 10.5. The van der Waals surface area contributed by atoms with E-state index in [1.54, 1.807) is 6.08 Å². The molecule has 0 aliphatic heterocycles. The molecule has 0 atom stereocenters. The van der Waals surface area contributed by atoms with Gasteiger partial charge in [0.05, 0.1) is 5.57 Å². The van der Waals surface area contributed by atoms with Crippen LogP contribution in [0.4, 0.5) is 0 Å². The van der Waals surface area contributed by atoms with Gasteiger partial charge in [0.1, 0.15) is 0 Å². The van der Waals surface area contributed by atoms with Crippen molar-refractivity contribution in [3.63, 3.8) is 0 Å². The van der Waals surface area contributed by atoms with Gasteiger partial charge in [-0.2, -0.15) is 0 Å². The van der Waals surface area contributed by atoms with Gasteiger partial charge in [-0.05, 0) is 19.9 Å². The van der Waals surface area contributed by atoms with Gasteiger partial charge < -0.3 is 5.73 Å². The Hall–Kier alpha value is -1.49. The summed E-state index contributed by atoms with van der Waals surface area (Å²) in [4.78, 5) is 10.5. The number of rotatable bonds is 2. The highest BCUT2D eigenvalue weighted by atomic mass is 16.1. The summed E-state index contributed by atoms with van der Waals surface area (Å²) in [6.45, 7) is 3.82. The van der Waals surface area contributed by atoms with Crippen molar-refractivity contribution in [3.8, 4) is 12.3 Å². The second-order valence-electron chi connectivity index (χ2n) is 2.33. The number of carbonyl (C=O) groups is 1. The molecule has 0 aliphatic carbocycles. The monoisotopic (exact) mass is 149 g/mol. The fourth-order valence-corrected chi connectivity index (χ4v) is 0.451. The zero-order valence-electron chi connectivity index (χ0n) is 6.72. The molecule has 2 nitrogen and oxygen atoms in total. The highest BCUT2D eigenvalue weighted by Gasteiger charge is 1.96. The van der Waals surface area contributed by atoms with E-state index in [4.69, 9.17) is 12.2 Å². The average molecular weight is 149 g/mol. The molecular weight excluding hydrogens is 138 g/mol. The van der Waals surface area contributed by atoms with Gasteiger partial charge in [-0.25, -0.2) is 0 Å². The third-order valence-corrected chi connectivity index (χ3v) is 1.00. The van der Waals surface area contributed by atoms with Gasteiger partial charge in [-0.1, -0.05) is 17.6 Å². The van der Waals surface area contributed by atoms with Crippen molar-refractivity contribution in [2.45, 2.75) is 13.8 Å². The lowest BCUT2D eigenvalue weighted by Crippen LogP contribution is -2.12. The number of hydrogen-bond acceptors (Lipinski definition) is 1. The maximum absolute atomic E-state index is 10.5. The molecule has 11 heavy (non-hydrogen) atoms. The number of terminal acetylenes is 1. The van der Waals surface area contributed by atoms with Gasteiger partial charge in [0, 0.05) is 0 Å². The van der Waals surface area contributed by atoms with Crippen LogP contribution >= 0.6 is 0 Å². The minimum absolute atomic E-state index is 0.200. The van der Waals surface area contributed by atoms with Gasteiger partial charge >= 0.3 is 0 Å². The summed E-state index contributed by atoms with van der Waals surface area (Å²) in [6.07, 6.45) is 8.30. The molecule has 1 amide bonds. The largest absolute Gasteiger partial charge is 0.365 e. The molecule has 0 spiro atoms. The first-order valence-electron chi connectivity index (χ1n) is 3.19. The lowest BCUT2D eigenvalue weighted by molar-refractivity contribution is -0.114. The van der Waals surface area contributed by atoms with Gasteiger partial charge in [-0.15, -0.1) is 6.42 Å². The standard InChI is InChI=1S/C9H11NO/c1-4-8(9(10)11)6-5-7(2)3/h1,5-6H,2-3H3,(H2,10,11)/b8-6+. The normalized spacial score (nSPS) is 10.1. The second-order valence-corrected chi connectivity index (χ2v) is 2.33. The second kappa shape index (κ2) is 4.35. The summed E-state index contributed by atoms with van der Waals surface area (Å²) < 4.78 is 0. The maximum Gasteiger partial charge on any atom is 0.257 e. The molecule has 0 heterocycles. The Morgan fingerprint density at radius 2 is 2.00 bits per heavy atom. The molecule has 0 unspecified atom stereocenters. The van der Waals surface area contributed by atoms with Gasteiger partial charge in [0.25, 0.3) is 5.91 Å². The Bertz CT molecular complexity index is 249.